The van der Waals surface area contributed by atoms with Crippen LogP contribution in [0.2, 0.25) is 0 Å². The summed E-state index contributed by atoms with van der Waals surface area (Å²) >= 11 is 0. The van der Waals surface area contributed by atoms with E-state index in [2.05, 4.69) is 12.2 Å². The van der Waals surface area contributed by atoms with Gasteiger partial charge in [0.15, 0.2) is 11.5 Å². The van der Waals surface area contributed by atoms with Crippen LogP contribution in [0, 0.1) is 5.92 Å². The van der Waals surface area contributed by atoms with Gasteiger partial charge in [-0.15, -0.1) is 0 Å². The lowest BCUT2D eigenvalue weighted by Gasteiger charge is -2.32. The minimum Gasteiger partial charge on any atom is -0.493 e. The van der Waals surface area contributed by atoms with Gasteiger partial charge in [-0.05, 0) is 50.3 Å². The molecule has 1 aromatic rings. The van der Waals surface area contributed by atoms with E-state index in [1.54, 1.807) is 7.11 Å². The largest absolute Gasteiger partial charge is 0.493 e. The number of carbonyl (C=O) groups excluding carboxylic acids is 2. The molecule has 2 unspecified atom stereocenters. The molecule has 6 heteroatoms. The summed E-state index contributed by atoms with van der Waals surface area (Å²) in [7, 11) is 1.62. The minimum absolute atomic E-state index is 0.00627. The molecule has 6 nitrogen and oxygen atoms in total. The van der Waals surface area contributed by atoms with Crippen molar-refractivity contribution in [2.24, 2.45) is 5.92 Å². The zero-order valence-electron chi connectivity index (χ0n) is 17.6. The normalized spacial score (nSPS) is 17.7. The zero-order valence-corrected chi connectivity index (χ0v) is 17.6. The second-order valence-electron chi connectivity index (χ2n) is 7.42. The monoisotopic (exact) mass is 390 g/mol. The van der Waals surface area contributed by atoms with Gasteiger partial charge in [0.25, 0.3) is 0 Å². The van der Waals surface area contributed by atoms with Crippen LogP contribution in [0.4, 0.5) is 0 Å². The number of piperidine rings is 1. The molecule has 156 valence electrons. The molecule has 1 heterocycles. The standard InChI is InChI=1S/C22H34N2O4/c1-5-8-21(25)24-12-7-9-18(15-24)22(26)23-16(3)17-10-11-19(28-13-6-2)20(14-17)27-4/h10-11,14,16,18H,5-9,12-13,15H2,1-4H3,(H,23,26). The Hall–Kier alpha value is -2.24. The molecule has 2 atom stereocenters. The first-order chi connectivity index (χ1) is 13.5. The highest BCUT2D eigenvalue weighted by Crippen LogP contribution is 2.30. The van der Waals surface area contributed by atoms with Crippen molar-refractivity contribution in [2.45, 2.75) is 58.9 Å². The number of nitrogens with one attached hydrogen (secondary N) is 1. The highest BCUT2D eigenvalue weighted by atomic mass is 16.5. The van der Waals surface area contributed by atoms with Crippen LogP contribution < -0.4 is 14.8 Å². The molecule has 0 aliphatic carbocycles. The van der Waals surface area contributed by atoms with E-state index in [0.29, 0.717) is 31.1 Å². The Labute approximate surface area is 168 Å². The molecule has 1 aliphatic rings. The van der Waals surface area contributed by atoms with E-state index in [1.165, 1.54) is 0 Å². The lowest BCUT2D eigenvalue weighted by molar-refractivity contribution is -0.135. The van der Waals surface area contributed by atoms with Gasteiger partial charge in [0, 0.05) is 19.5 Å². The van der Waals surface area contributed by atoms with Gasteiger partial charge >= 0.3 is 0 Å². The third-order valence-corrected chi connectivity index (χ3v) is 5.12. The van der Waals surface area contributed by atoms with Crippen LogP contribution >= 0.6 is 0 Å². The van der Waals surface area contributed by atoms with Crippen molar-refractivity contribution in [3.05, 3.63) is 23.8 Å². The maximum absolute atomic E-state index is 12.8. The Bertz CT molecular complexity index is 662. The lowest BCUT2D eigenvalue weighted by atomic mass is 9.96. The summed E-state index contributed by atoms with van der Waals surface area (Å²) < 4.78 is 11.1. The average Bonchev–Trinajstić information content (AvgIpc) is 2.72. The van der Waals surface area contributed by atoms with Crippen LogP contribution in [-0.4, -0.2) is 43.5 Å². The zero-order chi connectivity index (χ0) is 20.5. The molecule has 28 heavy (non-hydrogen) atoms. The molecule has 0 aromatic heterocycles. The Morgan fingerprint density at radius 1 is 1.25 bits per heavy atom. The maximum Gasteiger partial charge on any atom is 0.225 e. The molecule has 2 rings (SSSR count). The molecule has 1 aliphatic heterocycles. The van der Waals surface area contributed by atoms with Gasteiger partial charge in [-0.2, -0.15) is 0 Å². The Kier molecular flexibility index (Phi) is 8.61. The Morgan fingerprint density at radius 3 is 2.71 bits per heavy atom. The summed E-state index contributed by atoms with van der Waals surface area (Å²) in [5.41, 5.74) is 0.962. The van der Waals surface area contributed by atoms with Crippen molar-refractivity contribution in [2.75, 3.05) is 26.8 Å². The van der Waals surface area contributed by atoms with Crippen LogP contribution in [0.15, 0.2) is 18.2 Å². The topological polar surface area (TPSA) is 67.9 Å². The average molecular weight is 391 g/mol. The first kappa shape index (κ1) is 22.1. The number of benzene rings is 1. The van der Waals surface area contributed by atoms with Crippen molar-refractivity contribution < 1.29 is 19.1 Å². The van der Waals surface area contributed by atoms with Gasteiger partial charge in [0.2, 0.25) is 11.8 Å². The van der Waals surface area contributed by atoms with Gasteiger partial charge in [-0.25, -0.2) is 0 Å². The predicted octanol–water partition coefficient (Wildman–Crippen LogP) is 3.70. The van der Waals surface area contributed by atoms with Crippen LogP contribution in [0.25, 0.3) is 0 Å². The number of amides is 2. The fourth-order valence-electron chi connectivity index (χ4n) is 3.49. The van der Waals surface area contributed by atoms with Gasteiger partial charge in [-0.1, -0.05) is 19.9 Å². The number of methoxy groups -OCH3 is 1. The number of carbonyl (C=O) groups is 2. The number of hydrogen-bond donors (Lipinski definition) is 1. The molecular weight excluding hydrogens is 356 g/mol. The smallest absolute Gasteiger partial charge is 0.225 e. The molecular formula is C22H34N2O4. The number of hydrogen-bond acceptors (Lipinski definition) is 4. The Morgan fingerprint density at radius 2 is 2.04 bits per heavy atom. The van der Waals surface area contributed by atoms with Crippen molar-refractivity contribution >= 4 is 11.8 Å². The number of nitrogens with zero attached hydrogens (tertiary/aromatic N) is 1. The molecule has 0 saturated carbocycles. The highest BCUT2D eigenvalue weighted by molar-refractivity contribution is 5.81. The Balaban J connectivity index is 1.98. The fraction of sp³-hybridized carbons (Fsp3) is 0.636. The SMILES string of the molecule is CCCOc1ccc(C(C)NC(=O)C2CCCN(C(=O)CCC)C2)cc1OC. The van der Waals surface area contributed by atoms with Crippen LogP contribution in [0.3, 0.4) is 0 Å². The van der Waals surface area contributed by atoms with Crippen LogP contribution in [-0.2, 0) is 9.59 Å². The molecule has 0 spiro atoms. The first-order valence-corrected chi connectivity index (χ1v) is 10.4. The van der Waals surface area contributed by atoms with E-state index in [1.807, 2.05) is 36.9 Å². The third kappa shape index (κ3) is 5.88. The predicted molar refractivity (Wildman–Crippen MR) is 110 cm³/mol. The van der Waals surface area contributed by atoms with Gasteiger partial charge < -0.3 is 19.7 Å². The second-order valence-corrected chi connectivity index (χ2v) is 7.42. The van der Waals surface area contributed by atoms with E-state index in [9.17, 15) is 9.59 Å². The number of ether oxygens (including phenoxy) is 2. The van der Waals surface area contributed by atoms with E-state index >= 15 is 0 Å². The minimum atomic E-state index is -0.150. The molecule has 1 saturated heterocycles. The van der Waals surface area contributed by atoms with Gasteiger partial charge in [-0.3, -0.25) is 9.59 Å². The van der Waals surface area contributed by atoms with Crippen molar-refractivity contribution in [3.63, 3.8) is 0 Å². The summed E-state index contributed by atoms with van der Waals surface area (Å²) in [4.78, 5) is 26.8. The van der Waals surface area contributed by atoms with Gasteiger partial charge in [0.1, 0.15) is 0 Å². The van der Waals surface area contributed by atoms with Gasteiger partial charge in [0.05, 0.1) is 25.7 Å². The van der Waals surface area contributed by atoms with E-state index in [-0.39, 0.29) is 23.8 Å². The molecule has 0 bridgehead atoms. The van der Waals surface area contributed by atoms with Crippen LogP contribution in [0.1, 0.15) is 64.5 Å². The van der Waals surface area contributed by atoms with E-state index < -0.39 is 0 Å². The van der Waals surface area contributed by atoms with Crippen molar-refractivity contribution in [1.82, 2.24) is 10.2 Å². The van der Waals surface area contributed by atoms with Crippen molar-refractivity contribution in [3.8, 4) is 11.5 Å². The van der Waals surface area contributed by atoms with E-state index in [0.717, 1.165) is 37.8 Å². The first-order valence-electron chi connectivity index (χ1n) is 10.4. The summed E-state index contributed by atoms with van der Waals surface area (Å²) in [5.74, 6) is 1.39. The maximum atomic E-state index is 12.8. The number of likely N-dealkylation sites (tertiary alicyclic amines) is 1. The lowest BCUT2D eigenvalue weighted by Crippen LogP contribution is -2.45. The molecule has 0 radical (unpaired) electrons. The summed E-state index contributed by atoms with van der Waals surface area (Å²) in [5, 5.41) is 3.10. The summed E-state index contributed by atoms with van der Waals surface area (Å²) in [6.45, 7) is 7.93. The quantitative estimate of drug-likeness (QED) is 0.698. The second kappa shape index (κ2) is 10.9. The molecule has 1 N–H and O–H groups in total. The highest BCUT2D eigenvalue weighted by Gasteiger charge is 2.28. The van der Waals surface area contributed by atoms with Crippen molar-refractivity contribution in [1.29, 1.82) is 0 Å². The summed E-state index contributed by atoms with van der Waals surface area (Å²) in [6.07, 6.45) is 4.01. The van der Waals surface area contributed by atoms with Crippen LogP contribution in [0.5, 0.6) is 11.5 Å². The fourth-order valence-corrected chi connectivity index (χ4v) is 3.49. The summed E-state index contributed by atoms with van der Waals surface area (Å²) in [6, 6.07) is 5.60. The molecule has 1 aromatic carbocycles. The molecule has 2 amide bonds. The number of rotatable bonds is 9. The molecule has 1 fully saturated rings. The third-order valence-electron chi connectivity index (χ3n) is 5.12. The van der Waals surface area contributed by atoms with E-state index in [4.69, 9.17) is 9.47 Å².